The number of benzene rings is 1. The van der Waals surface area contributed by atoms with E-state index >= 15 is 0 Å². The molecule has 0 saturated heterocycles. The van der Waals surface area contributed by atoms with Gasteiger partial charge in [0.15, 0.2) is 0 Å². The predicted octanol–water partition coefficient (Wildman–Crippen LogP) is 5.80. The zero-order chi connectivity index (χ0) is 20.1. The van der Waals surface area contributed by atoms with Gasteiger partial charge in [0.2, 0.25) is 0 Å². The molecule has 1 aromatic rings. The number of esters is 2. The Labute approximate surface area is 164 Å². The minimum absolute atomic E-state index is 0.227. The van der Waals surface area contributed by atoms with Crippen LogP contribution in [0.3, 0.4) is 0 Å². The predicted molar refractivity (Wildman–Crippen MR) is 109 cm³/mol. The molecular formula is C23H36O4. The van der Waals surface area contributed by atoms with Gasteiger partial charge in [0.25, 0.3) is 0 Å². The van der Waals surface area contributed by atoms with Crippen LogP contribution < -0.4 is 0 Å². The summed E-state index contributed by atoms with van der Waals surface area (Å²) >= 11 is 0. The van der Waals surface area contributed by atoms with E-state index in [1.54, 1.807) is 19.1 Å². The van der Waals surface area contributed by atoms with E-state index in [4.69, 9.17) is 9.47 Å². The molecule has 2 unspecified atom stereocenters. The summed E-state index contributed by atoms with van der Waals surface area (Å²) in [4.78, 5) is 24.5. The molecule has 0 bridgehead atoms. The van der Waals surface area contributed by atoms with Gasteiger partial charge in [0.05, 0.1) is 12.2 Å². The highest BCUT2D eigenvalue weighted by molar-refractivity contribution is 5.89. The first-order valence-corrected chi connectivity index (χ1v) is 10.4. The monoisotopic (exact) mass is 376 g/mol. The van der Waals surface area contributed by atoms with Gasteiger partial charge in [-0.05, 0) is 50.2 Å². The van der Waals surface area contributed by atoms with Gasteiger partial charge in [-0.15, -0.1) is 0 Å². The van der Waals surface area contributed by atoms with Crippen LogP contribution in [0.5, 0.6) is 0 Å². The van der Waals surface area contributed by atoms with Crippen LogP contribution in [-0.2, 0) is 14.3 Å². The highest BCUT2D eigenvalue weighted by atomic mass is 16.5. The highest BCUT2D eigenvalue weighted by Crippen LogP contribution is 2.28. The fraction of sp³-hybridized carbons (Fsp3) is 0.652. The van der Waals surface area contributed by atoms with Gasteiger partial charge < -0.3 is 9.47 Å². The largest absolute Gasteiger partial charge is 0.466 e. The van der Waals surface area contributed by atoms with Crippen LogP contribution in [0.25, 0.3) is 0 Å². The van der Waals surface area contributed by atoms with Crippen molar-refractivity contribution in [2.75, 3.05) is 6.61 Å². The third-order valence-corrected chi connectivity index (χ3v) is 4.68. The Morgan fingerprint density at radius 2 is 1.70 bits per heavy atom. The van der Waals surface area contributed by atoms with Gasteiger partial charge in [-0.2, -0.15) is 0 Å². The van der Waals surface area contributed by atoms with Crippen molar-refractivity contribution in [2.45, 2.75) is 78.7 Å². The van der Waals surface area contributed by atoms with Crippen LogP contribution in [0.15, 0.2) is 30.3 Å². The minimum Gasteiger partial charge on any atom is -0.466 e. The second-order valence-corrected chi connectivity index (χ2v) is 7.54. The Morgan fingerprint density at radius 3 is 2.30 bits per heavy atom. The van der Waals surface area contributed by atoms with Crippen LogP contribution in [-0.4, -0.2) is 24.6 Å². The van der Waals surface area contributed by atoms with Crippen molar-refractivity contribution in [1.82, 2.24) is 0 Å². The molecule has 0 aromatic heterocycles. The molecule has 0 amide bonds. The lowest BCUT2D eigenvalue weighted by Crippen LogP contribution is -2.29. The summed E-state index contributed by atoms with van der Waals surface area (Å²) in [5.41, 5.74) is 0.551. The van der Waals surface area contributed by atoms with Gasteiger partial charge in [-0.3, -0.25) is 4.79 Å². The quantitative estimate of drug-likeness (QED) is 0.322. The van der Waals surface area contributed by atoms with Crippen molar-refractivity contribution >= 4 is 11.9 Å². The fourth-order valence-electron chi connectivity index (χ4n) is 3.38. The number of carbonyl (C=O) groups excluding carboxylic acids is 2. The molecule has 0 N–H and O–H groups in total. The maximum absolute atomic E-state index is 12.6. The average molecular weight is 377 g/mol. The highest BCUT2D eigenvalue weighted by Gasteiger charge is 2.27. The molecule has 0 heterocycles. The molecule has 0 aliphatic heterocycles. The second-order valence-electron chi connectivity index (χ2n) is 7.54. The van der Waals surface area contributed by atoms with E-state index < -0.39 is 0 Å². The molecule has 4 nitrogen and oxygen atoms in total. The van der Waals surface area contributed by atoms with Crippen LogP contribution in [0.1, 0.15) is 83.0 Å². The molecule has 0 saturated carbocycles. The first kappa shape index (κ1) is 23.2. The molecule has 0 spiro atoms. The molecule has 0 fully saturated rings. The number of unbranched alkanes of at least 4 members (excludes halogenated alkanes) is 2. The van der Waals surface area contributed by atoms with E-state index in [-0.39, 0.29) is 30.4 Å². The van der Waals surface area contributed by atoms with E-state index in [1.165, 1.54) is 6.42 Å². The summed E-state index contributed by atoms with van der Waals surface area (Å²) < 4.78 is 11.0. The third-order valence-electron chi connectivity index (χ3n) is 4.68. The molecule has 1 rings (SSSR count). The first-order valence-electron chi connectivity index (χ1n) is 10.4. The summed E-state index contributed by atoms with van der Waals surface area (Å²) in [6, 6.07) is 9.06. The van der Waals surface area contributed by atoms with Crippen molar-refractivity contribution in [3.05, 3.63) is 35.9 Å². The van der Waals surface area contributed by atoms with Crippen molar-refractivity contribution in [1.29, 1.82) is 0 Å². The van der Waals surface area contributed by atoms with Crippen LogP contribution in [0, 0.1) is 11.8 Å². The lowest BCUT2D eigenvalue weighted by Gasteiger charge is -2.28. The van der Waals surface area contributed by atoms with Gasteiger partial charge in [-0.1, -0.05) is 58.2 Å². The summed E-state index contributed by atoms with van der Waals surface area (Å²) in [5, 5.41) is 0. The van der Waals surface area contributed by atoms with Crippen molar-refractivity contribution in [3.63, 3.8) is 0 Å². The lowest BCUT2D eigenvalue weighted by atomic mass is 9.85. The van der Waals surface area contributed by atoms with Gasteiger partial charge in [0, 0.05) is 6.42 Å². The first-order chi connectivity index (χ1) is 13.0. The van der Waals surface area contributed by atoms with E-state index in [1.807, 2.05) is 18.2 Å². The summed E-state index contributed by atoms with van der Waals surface area (Å²) in [6.45, 7) is 8.74. The zero-order valence-corrected chi connectivity index (χ0v) is 17.4. The average Bonchev–Trinajstić information content (AvgIpc) is 2.65. The number of hydrogen-bond donors (Lipinski definition) is 0. The van der Waals surface area contributed by atoms with Crippen LogP contribution in [0.4, 0.5) is 0 Å². The fourth-order valence-corrected chi connectivity index (χ4v) is 3.38. The zero-order valence-electron chi connectivity index (χ0n) is 17.4. The van der Waals surface area contributed by atoms with E-state index in [0.717, 1.165) is 25.7 Å². The smallest absolute Gasteiger partial charge is 0.338 e. The Morgan fingerprint density at radius 1 is 1.00 bits per heavy atom. The van der Waals surface area contributed by atoms with Crippen molar-refractivity contribution in [3.8, 4) is 0 Å². The third kappa shape index (κ3) is 9.60. The number of rotatable bonds is 13. The van der Waals surface area contributed by atoms with Gasteiger partial charge >= 0.3 is 11.9 Å². The Hall–Kier alpha value is -1.84. The molecule has 2 atom stereocenters. The summed E-state index contributed by atoms with van der Waals surface area (Å²) in [7, 11) is 0. The van der Waals surface area contributed by atoms with E-state index in [0.29, 0.717) is 24.5 Å². The molecule has 27 heavy (non-hydrogen) atoms. The number of hydrogen-bond acceptors (Lipinski definition) is 4. The summed E-state index contributed by atoms with van der Waals surface area (Å²) in [6.07, 6.45) is 5.98. The molecule has 4 heteroatoms. The minimum atomic E-state index is -0.311. The van der Waals surface area contributed by atoms with Crippen molar-refractivity contribution in [2.24, 2.45) is 11.8 Å². The Kier molecular flexibility index (Phi) is 11.5. The maximum Gasteiger partial charge on any atom is 0.338 e. The Bertz CT molecular complexity index is 539. The van der Waals surface area contributed by atoms with Crippen LogP contribution >= 0.6 is 0 Å². The molecule has 1 aromatic carbocycles. The second kappa shape index (κ2) is 13.3. The molecule has 152 valence electrons. The number of ether oxygens (including phenoxy) is 2. The maximum atomic E-state index is 12.6. The van der Waals surface area contributed by atoms with Crippen LogP contribution in [0.2, 0.25) is 0 Å². The summed E-state index contributed by atoms with van der Waals surface area (Å²) in [5.74, 6) is 0.236. The van der Waals surface area contributed by atoms with E-state index in [2.05, 4.69) is 20.8 Å². The normalized spacial score (nSPS) is 13.2. The molecule has 0 radical (unpaired) electrons. The van der Waals surface area contributed by atoms with E-state index in [9.17, 15) is 9.59 Å². The topological polar surface area (TPSA) is 52.6 Å². The van der Waals surface area contributed by atoms with Crippen molar-refractivity contribution < 1.29 is 19.1 Å². The van der Waals surface area contributed by atoms with Gasteiger partial charge in [0.1, 0.15) is 6.10 Å². The SMILES string of the molecule is CCCCCC(CC(C)C)C(CCC(=O)OCC)OC(=O)c1ccccc1. The molecule has 0 aliphatic rings. The standard InChI is InChI=1S/C23H36O4/c1-5-7-9-14-20(17-18(3)4)21(15-16-22(24)26-6-2)27-23(25)19-12-10-8-11-13-19/h8,10-13,18,20-21H,5-7,9,14-17H2,1-4H3. The number of carbonyl (C=O) groups is 2. The van der Waals surface area contributed by atoms with Gasteiger partial charge in [-0.25, -0.2) is 4.79 Å². The molecular weight excluding hydrogens is 340 g/mol. The molecule has 0 aliphatic carbocycles. The Balaban J connectivity index is 2.86. The lowest BCUT2D eigenvalue weighted by molar-refractivity contribution is -0.144.